The fourth-order valence-corrected chi connectivity index (χ4v) is 4.24. The highest BCUT2D eigenvalue weighted by molar-refractivity contribution is 5.97. The van der Waals surface area contributed by atoms with Crippen LogP contribution in [0.25, 0.3) is 23.4 Å². The molecule has 0 radical (unpaired) electrons. The van der Waals surface area contributed by atoms with Crippen molar-refractivity contribution in [3.05, 3.63) is 76.7 Å². The number of fused-ring (bicyclic) bond motifs is 1. The van der Waals surface area contributed by atoms with Crippen molar-refractivity contribution in [2.45, 2.75) is 12.8 Å². The highest BCUT2D eigenvalue weighted by atomic mass is 16.5. The highest BCUT2D eigenvalue weighted by Gasteiger charge is 2.19. The lowest BCUT2D eigenvalue weighted by Gasteiger charge is -2.26. The number of amides is 1. The number of rotatable bonds is 6. The van der Waals surface area contributed by atoms with Crippen molar-refractivity contribution >= 4 is 18.1 Å². The van der Waals surface area contributed by atoms with Gasteiger partial charge in [-0.2, -0.15) is 0 Å². The summed E-state index contributed by atoms with van der Waals surface area (Å²) in [5, 5.41) is 2.89. The minimum Gasteiger partial charge on any atom is -0.379 e. The first-order chi connectivity index (χ1) is 15.7. The molecule has 6 nitrogen and oxygen atoms in total. The molecule has 0 atom stereocenters. The third-order valence-corrected chi connectivity index (χ3v) is 6.14. The van der Waals surface area contributed by atoms with Crippen LogP contribution in [-0.4, -0.2) is 60.2 Å². The van der Waals surface area contributed by atoms with Crippen molar-refractivity contribution in [3.8, 4) is 11.3 Å². The zero-order valence-electron chi connectivity index (χ0n) is 18.1. The van der Waals surface area contributed by atoms with E-state index < -0.39 is 0 Å². The minimum absolute atomic E-state index is 0.00341. The molecule has 164 valence electrons. The lowest BCUT2D eigenvalue weighted by molar-refractivity contribution is 0.0384. The Morgan fingerprint density at radius 3 is 2.72 bits per heavy atom. The van der Waals surface area contributed by atoms with E-state index in [9.17, 15) is 4.79 Å². The van der Waals surface area contributed by atoms with E-state index in [1.54, 1.807) is 0 Å². The predicted molar refractivity (Wildman–Crippen MR) is 126 cm³/mol. The van der Waals surface area contributed by atoms with Crippen LogP contribution < -0.4 is 5.32 Å². The van der Waals surface area contributed by atoms with Crippen LogP contribution in [0.15, 0.2) is 48.7 Å². The van der Waals surface area contributed by atoms with Crippen LogP contribution in [0.2, 0.25) is 0 Å². The predicted octanol–water partition coefficient (Wildman–Crippen LogP) is 3.41. The summed E-state index contributed by atoms with van der Waals surface area (Å²) in [5.74, 6) is -0.00341. The average Bonchev–Trinajstić information content (AvgIpc) is 3.29. The number of H-pyrrole nitrogens is 1. The zero-order valence-corrected chi connectivity index (χ0v) is 18.1. The standard InChI is InChI=1S/C26H28N4O2/c31-26-23-18-25(29-24(23)8-11-28-26)21-7-10-27-22(17-21)6-5-19-1-3-20(4-2-19)9-12-30-13-15-32-16-14-30/h1-7,10,17-18,29H,8-9,11-16H2,(H,28,31)/b6-5+. The molecule has 1 aromatic carbocycles. The zero-order chi connectivity index (χ0) is 21.8. The maximum Gasteiger partial charge on any atom is 0.253 e. The molecule has 0 unspecified atom stereocenters. The number of nitrogens with zero attached hydrogens (tertiary/aromatic N) is 2. The molecular formula is C26H28N4O2. The Balaban J connectivity index is 1.23. The molecule has 2 aliphatic rings. The fourth-order valence-electron chi connectivity index (χ4n) is 4.24. The smallest absolute Gasteiger partial charge is 0.253 e. The summed E-state index contributed by atoms with van der Waals surface area (Å²) >= 11 is 0. The van der Waals surface area contributed by atoms with Crippen LogP contribution in [0.4, 0.5) is 0 Å². The van der Waals surface area contributed by atoms with Gasteiger partial charge in [0.15, 0.2) is 0 Å². The monoisotopic (exact) mass is 428 g/mol. The largest absolute Gasteiger partial charge is 0.379 e. The Labute approximate surface area is 188 Å². The van der Waals surface area contributed by atoms with Crippen molar-refractivity contribution in [3.63, 3.8) is 0 Å². The van der Waals surface area contributed by atoms with E-state index >= 15 is 0 Å². The maximum atomic E-state index is 12.0. The summed E-state index contributed by atoms with van der Waals surface area (Å²) in [6.07, 6.45) is 7.82. The van der Waals surface area contributed by atoms with Gasteiger partial charge < -0.3 is 15.0 Å². The fraction of sp³-hybridized carbons (Fsp3) is 0.308. The third kappa shape index (κ3) is 4.82. The van der Waals surface area contributed by atoms with Gasteiger partial charge in [0.05, 0.1) is 24.5 Å². The number of morpholine rings is 1. The van der Waals surface area contributed by atoms with Crippen molar-refractivity contribution in [2.75, 3.05) is 39.4 Å². The van der Waals surface area contributed by atoms with Gasteiger partial charge in [-0.25, -0.2) is 0 Å². The molecule has 2 N–H and O–H groups in total. The van der Waals surface area contributed by atoms with Crippen LogP contribution in [0.1, 0.15) is 32.9 Å². The molecule has 2 aromatic heterocycles. The van der Waals surface area contributed by atoms with Crippen molar-refractivity contribution in [1.29, 1.82) is 0 Å². The van der Waals surface area contributed by atoms with Gasteiger partial charge in [-0.3, -0.25) is 14.7 Å². The highest BCUT2D eigenvalue weighted by Crippen LogP contribution is 2.24. The van der Waals surface area contributed by atoms with E-state index in [2.05, 4.69) is 50.5 Å². The van der Waals surface area contributed by atoms with Crippen molar-refractivity contribution < 1.29 is 9.53 Å². The average molecular weight is 429 g/mol. The molecule has 0 saturated carbocycles. The van der Waals surface area contributed by atoms with Crippen LogP contribution in [-0.2, 0) is 17.6 Å². The second kappa shape index (κ2) is 9.51. The van der Waals surface area contributed by atoms with Gasteiger partial charge in [0.2, 0.25) is 0 Å². The number of carbonyl (C=O) groups is 1. The molecule has 0 bridgehead atoms. The molecule has 1 saturated heterocycles. The Morgan fingerprint density at radius 1 is 1.06 bits per heavy atom. The molecular weight excluding hydrogens is 400 g/mol. The summed E-state index contributed by atoms with van der Waals surface area (Å²) in [7, 11) is 0. The number of benzene rings is 1. The summed E-state index contributed by atoms with van der Waals surface area (Å²) in [6, 6.07) is 14.7. The lowest BCUT2D eigenvalue weighted by Crippen LogP contribution is -2.37. The molecule has 0 aliphatic carbocycles. The lowest BCUT2D eigenvalue weighted by atomic mass is 10.1. The van der Waals surface area contributed by atoms with Gasteiger partial charge in [-0.1, -0.05) is 30.3 Å². The first-order valence-corrected chi connectivity index (χ1v) is 11.3. The van der Waals surface area contributed by atoms with Gasteiger partial charge in [0, 0.05) is 55.7 Å². The number of carbonyl (C=O) groups excluding carboxylic acids is 1. The first-order valence-electron chi connectivity index (χ1n) is 11.3. The number of hydrogen-bond acceptors (Lipinski definition) is 4. The molecule has 1 fully saturated rings. The van der Waals surface area contributed by atoms with E-state index in [-0.39, 0.29) is 5.91 Å². The summed E-state index contributed by atoms with van der Waals surface area (Å²) in [4.78, 5) is 22.4. The topological polar surface area (TPSA) is 70.2 Å². The summed E-state index contributed by atoms with van der Waals surface area (Å²) < 4.78 is 5.41. The number of aromatic amines is 1. The van der Waals surface area contributed by atoms with Crippen molar-refractivity contribution in [2.24, 2.45) is 0 Å². The minimum atomic E-state index is -0.00341. The number of nitrogens with one attached hydrogen (secondary N) is 2. The first kappa shape index (κ1) is 20.7. The molecule has 3 aromatic rings. The Bertz CT molecular complexity index is 1110. The van der Waals surface area contributed by atoms with E-state index in [1.807, 2.05) is 30.5 Å². The number of aromatic nitrogens is 2. The van der Waals surface area contributed by atoms with Crippen LogP contribution >= 0.6 is 0 Å². The van der Waals surface area contributed by atoms with E-state index in [0.29, 0.717) is 6.54 Å². The van der Waals surface area contributed by atoms with Crippen molar-refractivity contribution in [1.82, 2.24) is 20.2 Å². The molecule has 6 heteroatoms. The molecule has 5 rings (SSSR count). The summed E-state index contributed by atoms with van der Waals surface area (Å²) in [6.45, 7) is 5.53. The quantitative estimate of drug-likeness (QED) is 0.631. The second-order valence-corrected chi connectivity index (χ2v) is 8.33. The van der Waals surface area contributed by atoms with Crippen LogP contribution in [0.5, 0.6) is 0 Å². The van der Waals surface area contributed by atoms with Crippen LogP contribution in [0, 0.1) is 0 Å². The van der Waals surface area contributed by atoms with E-state index in [4.69, 9.17) is 4.74 Å². The maximum absolute atomic E-state index is 12.0. The van der Waals surface area contributed by atoms with E-state index in [0.717, 1.165) is 79.5 Å². The molecule has 1 amide bonds. The van der Waals surface area contributed by atoms with Gasteiger partial charge in [-0.15, -0.1) is 0 Å². The second-order valence-electron chi connectivity index (χ2n) is 8.33. The van der Waals surface area contributed by atoms with E-state index in [1.165, 1.54) is 5.56 Å². The third-order valence-electron chi connectivity index (χ3n) is 6.14. The van der Waals surface area contributed by atoms with Gasteiger partial charge in [-0.05, 0) is 41.8 Å². The van der Waals surface area contributed by atoms with Gasteiger partial charge in [0.25, 0.3) is 5.91 Å². The van der Waals surface area contributed by atoms with Gasteiger partial charge >= 0.3 is 0 Å². The van der Waals surface area contributed by atoms with Crippen LogP contribution in [0.3, 0.4) is 0 Å². The Hall–Kier alpha value is -3.22. The number of ether oxygens (including phenoxy) is 1. The normalized spacial score (nSPS) is 16.8. The van der Waals surface area contributed by atoms with Gasteiger partial charge in [0.1, 0.15) is 0 Å². The molecule has 32 heavy (non-hydrogen) atoms. The number of hydrogen-bond donors (Lipinski definition) is 2. The molecule has 0 spiro atoms. The SMILES string of the molecule is O=C1NCCc2[nH]c(-c3ccnc(/C=C/c4ccc(CCN5CCOCC5)cc4)c3)cc21. The molecule has 4 heterocycles. The summed E-state index contributed by atoms with van der Waals surface area (Å²) in [5.41, 5.74) is 7.12. The Morgan fingerprint density at radius 2 is 1.91 bits per heavy atom. The Kier molecular flexibility index (Phi) is 6.14. The molecule has 2 aliphatic heterocycles. The number of pyridine rings is 1.